The van der Waals surface area contributed by atoms with E-state index in [9.17, 15) is 0 Å². The second kappa shape index (κ2) is 5.22. The maximum atomic E-state index is 6.07. The van der Waals surface area contributed by atoms with Crippen LogP contribution in [0.4, 0.5) is 5.69 Å². The minimum absolute atomic E-state index is 0.365. The van der Waals surface area contributed by atoms with Crippen molar-refractivity contribution in [3.8, 4) is 11.4 Å². The van der Waals surface area contributed by atoms with E-state index < -0.39 is 0 Å². The number of nitrogen functional groups attached to an aromatic ring is 1. The van der Waals surface area contributed by atoms with Gasteiger partial charge in [-0.3, -0.25) is 0 Å². The van der Waals surface area contributed by atoms with E-state index in [2.05, 4.69) is 22.4 Å². The van der Waals surface area contributed by atoms with Crippen molar-refractivity contribution in [1.82, 2.24) is 20.2 Å². The molecule has 1 aliphatic carbocycles. The predicted molar refractivity (Wildman–Crippen MR) is 79.7 cm³/mol. The Kier molecular flexibility index (Phi) is 3.56. The Morgan fingerprint density at radius 2 is 2.20 bits per heavy atom. The fourth-order valence-electron chi connectivity index (χ4n) is 2.56. The second-order valence-electron chi connectivity index (χ2n) is 5.16. The first-order chi connectivity index (χ1) is 9.61. The van der Waals surface area contributed by atoms with Crippen LogP contribution in [0.2, 0.25) is 10.0 Å². The SMILES string of the molecule is CCCC1CC1n1nnnc1-c1cc(N)c(Cl)c(Cl)c1. The van der Waals surface area contributed by atoms with Crippen LogP contribution in [-0.2, 0) is 0 Å². The summed E-state index contributed by atoms with van der Waals surface area (Å²) in [5.41, 5.74) is 7.08. The number of anilines is 1. The van der Waals surface area contributed by atoms with E-state index in [-0.39, 0.29) is 0 Å². The van der Waals surface area contributed by atoms with E-state index in [4.69, 9.17) is 28.9 Å². The van der Waals surface area contributed by atoms with Crippen LogP contribution in [0, 0.1) is 5.92 Å². The molecular formula is C13H15Cl2N5. The summed E-state index contributed by atoms with van der Waals surface area (Å²) < 4.78 is 1.87. The lowest BCUT2D eigenvalue weighted by molar-refractivity contribution is 0.548. The molecule has 0 saturated heterocycles. The second-order valence-corrected chi connectivity index (χ2v) is 5.95. The number of nitrogens with two attached hydrogens (primary N) is 1. The number of hydrogen-bond donors (Lipinski definition) is 1. The Bertz CT molecular complexity index is 616. The highest BCUT2D eigenvalue weighted by Gasteiger charge is 2.40. The topological polar surface area (TPSA) is 69.6 Å². The van der Waals surface area contributed by atoms with Gasteiger partial charge in [0.05, 0.1) is 21.8 Å². The fourth-order valence-corrected chi connectivity index (χ4v) is 2.89. The van der Waals surface area contributed by atoms with Gasteiger partial charge in [0.2, 0.25) is 0 Å². The summed E-state index contributed by atoms with van der Waals surface area (Å²) >= 11 is 12.0. The van der Waals surface area contributed by atoms with Crippen LogP contribution >= 0.6 is 23.2 Å². The average Bonchev–Trinajstić information content (AvgIpc) is 3.01. The van der Waals surface area contributed by atoms with Gasteiger partial charge >= 0.3 is 0 Å². The summed E-state index contributed by atoms with van der Waals surface area (Å²) in [6, 6.07) is 3.89. The lowest BCUT2D eigenvalue weighted by Crippen LogP contribution is -2.02. The average molecular weight is 312 g/mol. The Hall–Kier alpha value is -1.33. The van der Waals surface area contributed by atoms with Gasteiger partial charge in [-0.2, -0.15) is 0 Å². The molecule has 1 aromatic heterocycles. The van der Waals surface area contributed by atoms with Gasteiger partial charge in [0, 0.05) is 5.56 Å². The lowest BCUT2D eigenvalue weighted by Gasteiger charge is -2.07. The molecule has 106 valence electrons. The molecule has 1 aromatic carbocycles. The molecule has 0 radical (unpaired) electrons. The van der Waals surface area contributed by atoms with E-state index in [1.807, 2.05) is 4.68 Å². The highest BCUT2D eigenvalue weighted by atomic mass is 35.5. The standard InChI is InChI=1S/C13H15Cl2N5/c1-2-3-7-6-11(7)20-13(17-18-19-20)8-4-9(14)12(15)10(16)5-8/h4-5,7,11H,2-3,6,16H2,1H3. The van der Waals surface area contributed by atoms with Gasteiger partial charge < -0.3 is 5.73 Å². The molecule has 2 aromatic rings. The largest absolute Gasteiger partial charge is 0.397 e. The van der Waals surface area contributed by atoms with Crippen molar-refractivity contribution in [2.75, 3.05) is 5.73 Å². The summed E-state index contributed by atoms with van der Waals surface area (Å²) in [4.78, 5) is 0. The zero-order valence-corrected chi connectivity index (χ0v) is 12.6. The zero-order chi connectivity index (χ0) is 14.3. The van der Waals surface area contributed by atoms with Crippen LogP contribution in [0.25, 0.3) is 11.4 Å². The molecule has 2 N–H and O–H groups in total. The van der Waals surface area contributed by atoms with Gasteiger partial charge in [-0.25, -0.2) is 4.68 Å². The normalized spacial score (nSPS) is 21.1. The first-order valence-corrected chi connectivity index (χ1v) is 7.40. The Morgan fingerprint density at radius 3 is 2.90 bits per heavy atom. The third-order valence-corrected chi connectivity index (χ3v) is 4.48. The number of aromatic nitrogens is 4. The molecule has 0 aliphatic heterocycles. The highest BCUT2D eigenvalue weighted by molar-refractivity contribution is 6.43. The lowest BCUT2D eigenvalue weighted by atomic mass is 10.2. The van der Waals surface area contributed by atoms with E-state index in [1.54, 1.807) is 12.1 Å². The van der Waals surface area contributed by atoms with Gasteiger partial charge in [-0.15, -0.1) is 5.10 Å². The predicted octanol–water partition coefficient (Wildman–Crippen LogP) is 3.59. The highest BCUT2D eigenvalue weighted by Crippen LogP contribution is 2.47. The number of benzene rings is 1. The Balaban J connectivity index is 1.94. The summed E-state index contributed by atoms with van der Waals surface area (Å²) in [5, 5.41) is 12.8. The molecule has 2 unspecified atom stereocenters. The molecule has 5 nitrogen and oxygen atoms in total. The van der Waals surface area contributed by atoms with Gasteiger partial charge in [0.25, 0.3) is 0 Å². The molecule has 0 bridgehead atoms. The van der Waals surface area contributed by atoms with Crippen LogP contribution in [0.5, 0.6) is 0 Å². The smallest absolute Gasteiger partial charge is 0.182 e. The van der Waals surface area contributed by atoms with Crippen molar-refractivity contribution < 1.29 is 0 Å². The minimum atomic E-state index is 0.365. The molecule has 7 heteroatoms. The zero-order valence-electron chi connectivity index (χ0n) is 11.1. The maximum Gasteiger partial charge on any atom is 0.182 e. The van der Waals surface area contributed by atoms with Crippen molar-refractivity contribution in [3.63, 3.8) is 0 Å². The van der Waals surface area contributed by atoms with Crippen molar-refractivity contribution in [2.45, 2.75) is 32.2 Å². The molecule has 0 amide bonds. The number of tetrazole rings is 1. The quantitative estimate of drug-likeness (QED) is 0.876. The van der Waals surface area contributed by atoms with Crippen LogP contribution in [0.15, 0.2) is 12.1 Å². The van der Waals surface area contributed by atoms with E-state index in [0.717, 1.165) is 12.0 Å². The van der Waals surface area contributed by atoms with Crippen molar-refractivity contribution in [3.05, 3.63) is 22.2 Å². The molecule has 1 saturated carbocycles. The van der Waals surface area contributed by atoms with Crippen LogP contribution in [0.3, 0.4) is 0 Å². The summed E-state index contributed by atoms with van der Waals surface area (Å²) in [7, 11) is 0. The molecule has 0 spiro atoms. The van der Waals surface area contributed by atoms with Crippen LogP contribution in [0.1, 0.15) is 32.2 Å². The molecule has 1 heterocycles. The van der Waals surface area contributed by atoms with Crippen molar-refractivity contribution in [2.24, 2.45) is 5.92 Å². The molecule has 3 rings (SSSR count). The van der Waals surface area contributed by atoms with E-state index in [1.165, 1.54) is 12.8 Å². The van der Waals surface area contributed by atoms with E-state index in [0.29, 0.717) is 33.5 Å². The summed E-state index contributed by atoms with van der Waals surface area (Å²) in [6.45, 7) is 2.19. The summed E-state index contributed by atoms with van der Waals surface area (Å²) in [5.74, 6) is 1.36. The Morgan fingerprint density at radius 1 is 1.40 bits per heavy atom. The first-order valence-electron chi connectivity index (χ1n) is 6.64. The maximum absolute atomic E-state index is 6.07. The molecule has 2 atom stereocenters. The van der Waals surface area contributed by atoms with Gasteiger partial charge in [0.1, 0.15) is 0 Å². The van der Waals surface area contributed by atoms with Gasteiger partial charge in [-0.1, -0.05) is 36.5 Å². The minimum Gasteiger partial charge on any atom is -0.397 e. The van der Waals surface area contributed by atoms with Crippen LogP contribution in [-0.4, -0.2) is 20.2 Å². The number of hydrogen-bond acceptors (Lipinski definition) is 4. The Labute approximate surface area is 127 Å². The van der Waals surface area contributed by atoms with E-state index >= 15 is 0 Å². The number of rotatable bonds is 4. The third kappa shape index (κ3) is 2.36. The molecule has 1 fully saturated rings. The molecule has 20 heavy (non-hydrogen) atoms. The van der Waals surface area contributed by atoms with Gasteiger partial charge in [-0.05, 0) is 41.3 Å². The van der Waals surface area contributed by atoms with Crippen LogP contribution < -0.4 is 5.73 Å². The summed E-state index contributed by atoms with van der Waals surface area (Å²) in [6.07, 6.45) is 3.51. The number of halogens is 2. The first kappa shape index (κ1) is 13.6. The van der Waals surface area contributed by atoms with Crippen molar-refractivity contribution in [1.29, 1.82) is 0 Å². The number of nitrogens with zero attached hydrogens (tertiary/aromatic N) is 4. The third-order valence-electron chi connectivity index (χ3n) is 3.67. The fraction of sp³-hybridized carbons (Fsp3) is 0.462. The molecule has 1 aliphatic rings. The monoisotopic (exact) mass is 311 g/mol. The van der Waals surface area contributed by atoms with Gasteiger partial charge in [0.15, 0.2) is 5.82 Å². The molecular weight excluding hydrogens is 297 g/mol. The van der Waals surface area contributed by atoms with Crippen molar-refractivity contribution >= 4 is 28.9 Å².